The molecule has 32 heavy (non-hydrogen) atoms. The zero-order valence-corrected chi connectivity index (χ0v) is 21.1. The van der Waals surface area contributed by atoms with Gasteiger partial charge in [-0.25, -0.2) is 4.79 Å². The number of halogens is 1. The van der Waals surface area contributed by atoms with Crippen molar-refractivity contribution in [3.63, 3.8) is 0 Å². The second-order valence-corrected chi connectivity index (χ2v) is 11.0. The van der Waals surface area contributed by atoms with E-state index in [1.165, 1.54) is 0 Å². The topological polar surface area (TPSA) is 51.2 Å². The second-order valence-electron chi connectivity index (χ2n) is 8.62. The van der Waals surface area contributed by atoms with Gasteiger partial charge in [0.1, 0.15) is 20.9 Å². The smallest absolute Gasteiger partial charge is 0.410 e. The van der Waals surface area contributed by atoms with Crippen LogP contribution in [0.2, 0.25) is 0 Å². The van der Waals surface area contributed by atoms with Crippen LogP contribution in [0, 0.1) is 0 Å². The van der Waals surface area contributed by atoms with Crippen LogP contribution < -0.4 is 14.4 Å². The van der Waals surface area contributed by atoms with Crippen molar-refractivity contribution in [2.24, 2.45) is 0 Å². The van der Waals surface area contributed by atoms with E-state index in [2.05, 4.69) is 33.0 Å². The molecule has 1 aromatic heterocycles. The number of carbonyl (C=O) groups excluding carboxylic acids is 1. The Labute approximate surface area is 200 Å². The number of nitrogens with zero attached hydrogens (tertiary/aromatic N) is 2. The first-order chi connectivity index (χ1) is 15.2. The lowest BCUT2D eigenvalue weighted by molar-refractivity contribution is 0.0240. The van der Waals surface area contributed by atoms with Crippen molar-refractivity contribution in [2.45, 2.75) is 26.4 Å². The maximum Gasteiger partial charge on any atom is 0.410 e. The van der Waals surface area contributed by atoms with Gasteiger partial charge in [0.2, 0.25) is 0 Å². The van der Waals surface area contributed by atoms with Gasteiger partial charge >= 0.3 is 6.09 Å². The number of thiophene rings is 1. The number of methoxy groups -OCH3 is 1. The molecule has 170 valence electrons. The molecular weight excluding hydrogens is 492 g/mol. The number of piperazine rings is 1. The summed E-state index contributed by atoms with van der Waals surface area (Å²) in [5, 5.41) is 1.05. The van der Waals surface area contributed by atoms with Crippen molar-refractivity contribution >= 4 is 49.1 Å². The SMILES string of the molecule is COc1ccc2c(Oc3ccc(N4CCN(C(=O)OC(C)(C)C)CC4)cc3)c(Br)sc2c1. The molecule has 0 bridgehead atoms. The summed E-state index contributed by atoms with van der Waals surface area (Å²) < 4.78 is 19.1. The number of hydrogen-bond acceptors (Lipinski definition) is 6. The molecule has 0 spiro atoms. The molecule has 0 aliphatic carbocycles. The number of fused-ring (bicyclic) bond motifs is 1. The van der Waals surface area contributed by atoms with Crippen LogP contribution >= 0.6 is 27.3 Å². The summed E-state index contributed by atoms with van der Waals surface area (Å²) in [7, 11) is 1.67. The van der Waals surface area contributed by atoms with Gasteiger partial charge in [-0.05, 0) is 79.2 Å². The molecule has 1 fully saturated rings. The molecule has 1 aliphatic heterocycles. The van der Waals surface area contributed by atoms with Gasteiger partial charge in [0.05, 0.1) is 7.11 Å². The zero-order valence-electron chi connectivity index (χ0n) is 18.7. The minimum absolute atomic E-state index is 0.243. The number of amides is 1. The number of rotatable bonds is 4. The Morgan fingerprint density at radius 2 is 1.66 bits per heavy atom. The molecule has 1 amide bonds. The second kappa shape index (κ2) is 9.19. The maximum absolute atomic E-state index is 12.3. The Morgan fingerprint density at radius 1 is 1.00 bits per heavy atom. The van der Waals surface area contributed by atoms with Crippen molar-refractivity contribution in [2.75, 3.05) is 38.2 Å². The van der Waals surface area contributed by atoms with Gasteiger partial charge in [-0.1, -0.05) is 0 Å². The molecule has 0 atom stereocenters. The molecule has 6 nitrogen and oxygen atoms in total. The van der Waals surface area contributed by atoms with Crippen LogP contribution in [0.25, 0.3) is 10.1 Å². The van der Waals surface area contributed by atoms with Crippen LogP contribution in [-0.2, 0) is 4.74 Å². The summed E-state index contributed by atoms with van der Waals surface area (Å²) in [4.78, 5) is 16.3. The Morgan fingerprint density at radius 3 is 2.28 bits per heavy atom. The molecule has 3 aromatic rings. The lowest BCUT2D eigenvalue weighted by Gasteiger charge is -2.36. The molecule has 8 heteroatoms. The molecule has 1 saturated heterocycles. The van der Waals surface area contributed by atoms with Gasteiger partial charge in [-0.3, -0.25) is 0 Å². The van der Waals surface area contributed by atoms with E-state index in [9.17, 15) is 4.79 Å². The molecule has 0 radical (unpaired) electrons. The van der Waals surface area contributed by atoms with Crippen LogP contribution in [0.1, 0.15) is 20.8 Å². The molecule has 1 aliphatic rings. The largest absolute Gasteiger partial charge is 0.497 e. The van der Waals surface area contributed by atoms with E-state index >= 15 is 0 Å². The lowest BCUT2D eigenvalue weighted by Crippen LogP contribution is -2.50. The van der Waals surface area contributed by atoms with E-state index < -0.39 is 5.60 Å². The van der Waals surface area contributed by atoms with Gasteiger partial charge in [0.15, 0.2) is 5.75 Å². The predicted octanol–water partition coefficient (Wildman–Crippen LogP) is 6.52. The Hall–Kier alpha value is -2.45. The standard InChI is InChI=1S/C24H27BrN2O4S/c1-24(2,3)31-23(28)27-13-11-26(12-14-27)16-5-7-17(8-6-16)30-21-19-10-9-18(29-4)15-20(19)32-22(21)25/h5-10,15H,11-14H2,1-4H3. The fourth-order valence-electron chi connectivity index (χ4n) is 3.56. The first-order valence-electron chi connectivity index (χ1n) is 10.5. The van der Waals surface area contributed by atoms with Gasteiger partial charge in [-0.2, -0.15) is 0 Å². The monoisotopic (exact) mass is 518 g/mol. The van der Waals surface area contributed by atoms with Crippen molar-refractivity contribution < 1.29 is 19.0 Å². The van der Waals surface area contributed by atoms with E-state index in [0.29, 0.717) is 13.1 Å². The fraction of sp³-hybridized carbons (Fsp3) is 0.375. The first kappa shape index (κ1) is 22.7. The minimum Gasteiger partial charge on any atom is -0.497 e. The summed E-state index contributed by atoms with van der Waals surface area (Å²) in [6, 6.07) is 14.0. The molecule has 0 unspecified atom stereocenters. The summed E-state index contributed by atoms with van der Waals surface area (Å²) in [5.74, 6) is 2.41. The summed E-state index contributed by atoms with van der Waals surface area (Å²) in [6.45, 7) is 8.48. The number of carbonyl (C=O) groups is 1. The highest BCUT2D eigenvalue weighted by Crippen LogP contribution is 2.44. The average molecular weight is 519 g/mol. The van der Waals surface area contributed by atoms with Crippen LogP contribution in [-0.4, -0.2) is 49.9 Å². The summed E-state index contributed by atoms with van der Waals surface area (Å²) >= 11 is 5.25. The molecule has 2 heterocycles. The minimum atomic E-state index is -0.473. The average Bonchev–Trinajstić information content (AvgIpc) is 3.07. The molecule has 0 saturated carbocycles. The van der Waals surface area contributed by atoms with Crippen LogP contribution in [0.3, 0.4) is 0 Å². The van der Waals surface area contributed by atoms with Crippen molar-refractivity contribution in [3.8, 4) is 17.2 Å². The van der Waals surface area contributed by atoms with Crippen LogP contribution in [0.15, 0.2) is 46.3 Å². The molecule has 2 aromatic carbocycles. The third-order valence-electron chi connectivity index (χ3n) is 5.16. The highest BCUT2D eigenvalue weighted by atomic mass is 79.9. The van der Waals surface area contributed by atoms with Crippen molar-refractivity contribution in [1.29, 1.82) is 0 Å². The Kier molecular flexibility index (Phi) is 6.53. The van der Waals surface area contributed by atoms with Gasteiger partial charge in [0, 0.05) is 42.0 Å². The van der Waals surface area contributed by atoms with E-state index in [1.54, 1.807) is 23.3 Å². The Balaban J connectivity index is 1.40. The number of ether oxygens (including phenoxy) is 3. The zero-order chi connectivity index (χ0) is 22.9. The normalized spacial score (nSPS) is 14.5. The molecule has 0 N–H and O–H groups in total. The van der Waals surface area contributed by atoms with Crippen molar-refractivity contribution in [1.82, 2.24) is 4.90 Å². The van der Waals surface area contributed by atoms with Gasteiger partial charge in [0.25, 0.3) is 0 Å². The van der Waals surface area contributed by atoms with E-state index in [0.717, 1.165) is 49.9 Å². The lowest BCUT2D eigenvalue weighted by atomic mass is 10.2. The summed E-state index contributed by atoms with van der Waals surface area (Å²) in [6.07, 6.45) is -0.243. The third-order valence-corrected chi connectivity index (χ3v) is 6.93. The van der Waals surface area contributed by atoms with Gasteiger partial charge in [-0.15, -0.1) is 11.3 Å². The predicted molar refractivity (Wildman–Crippen MR) is 133 cm³/mol. The fourth-order valence-corrected chi connectivity index (χ4v) is 5.26. The maximum atomic E-state index is 12.3. The van der Waals surface area contributed by atoms with Crippen LogP contribution in [0.5, 0.6) is 17.2 Å². The summed E-state index contributed by atoms with van der Waals surface area (Å²) in [5.41, 5.74) is 0.638. The highest BCUT2D eigenvalue weighted by Gasteiger charge is 2.26. The van der Waals surface area contributed by atoms with E-state index in [-0.39, 0.29) is 6.09 Å². The van der Waals surface area contributed by atoms with E-state index in [4.69, 9.17) is 14.2 Å². The first-order valence-corrected chi connectivity index (χ1v) is 12.1. The number of hydrogen-bond donors (Lipinski definition) is 0. The van der Waals surface area contributed by atoms with Crippen molar-refractivity contribution in [3.05, 3.63) is 46.3 Å². The number of benzene rings is 2. The third kappa shape index (κ3) is 5.13. The van der Waals surface area contributed by atoms with Crippen LogP contribution in [0.4, 0.5) is 10.5 Å². The Bertz CT molecular complexity index is 1100. The molecular formula is C24H27BrN2O4S. The van der Waals surface area contributed by atoms with Gasteiger partial charge < -0.3 is 24.0 Å². The molecule has 4 rings (SSSR count). The number of anilines is 1. The quantitative estimate of drug-likeness (QED) is 0.393. The highest BCUT2D eigenvalue weighted by molar-refractivity contribution is 9.11. The van der Waals surface area contributed by atoms with E-state index in [1.807, 2.05) is 51.1 Å².